The van der Waals surface area contributed by atoms with Gasteiger partial charge in [-0.25, -0.2) is 0 Å². The average molecular weight is 291 g/mol. The minimum atomic E-state index is 0.0351. The second-order valence-corrected chi connectivity index (χ2v) is 5.81. The molecule has 21 heavy (non-hydrogen) atoms. The molecule has 5 heteroatoms. The van der Waals surface area contributed by atoms with E-state index in [0.29, 0.717) is 25.6 Å². The lowest BCUT2D eigenvalue weighted by atomic mass is 9.97. The molecule has 0 aromatic heterocycles. The number of para-hydroxylation sites is 1. The number of nitrogens with two attached hydrogens (primary N) is 1. The molecule has 0 spiro atoms. The first-order valence-corrected chi connectivity index (χ1v) is 7.56. The van der Waals surface area contributed by atoms with E-state index >= 15 is 0 Å². The number of hydrogen-bond donors (Lipinski definition) is 2. The molecular weight excluding hydrogens is 266 g/mol. The topological polar surface area (TPSA) is 67.6 Å². The molecule has 3 N–H and O–H groups in total. The Bertz CT molecular complexity index is 428. The smallest absolute Gasteiger partial charge is 0.234 e. The van der Waals surface area contributed by atoms with Crippen LogP contribution in [0.5, 0.6) is 5.75 Å². The van der Waals surface area contributed by atoms with Gasteiger partial charge in [0.1, 0.15) is 12.4 Å². The second kappa shape index (κ2) is 8.00. The monoisotopic (exact) mass is 291 g/mol. The molecule has 1 aromatic carbocycles. The summed E-state index contributed by atoms with van der Waals surface area (Å²) in [5, 5.41) is 2.88. The van der Waals surface area contributed by atoms with Crippen LogP contribution >= 0.6 is 0 Å². The molecule has 0 radical (unpaired) electrons. The number of carbonyl (C=O) groups is 1. The maximum Gasteiger partial charge on any atom is 0.234 e. The molecule has 0 saturated carbocycles. The minimum Gasteiger partial charge on any atom is -0.492 e. The Balaban J connectivity index is 1.61. The van der Waals surface area contributed by atoms with Gasteiger partial charge in [-0.1, -0.05) is 25.1 Å². The predicted octanol–water partition coefficient (Wildman–Crippen LogP) is 0.851. The van der Waals surface area contributed by atoms with E-state index in [9.17, 15) is 4.79 Å². The van der Waals surface area contributed by atoms with Crippen molar-refractivity contribution in [1.29, 1.82) is 0 Å². The zero-order valence-corrected chi connectivity index (χ0v) is 12.6. The van der Waals surface area contributed by atoms with Crippen molar-refractivity contribution in [3.63, 3.8) is 0 Å². The summed E-state index contributed by atoms with van der Waals surface area (Å²) in [7, 11) is 0. The van der Waals surface area contributed by atoms with Gasteiger partial charge in [-0.2, -0.15) is 0 Å². The van der Waals surface area contributed by atoms with Crippen molar-refractivity contribution in [2.24, 2.45) is 11.7 Å². The summed E-state index contributed by atoms with van der Waals surface area (Å²) >= 11 is 0. The predicted molar refractivity (Wildman–Crippen MR) is 83.1 cm³/mol. The van der Waals surface area contributed by atoms with Crippen LogP contribution in [0, 0.1) is 5.92 Å². The molecule has 5 nitrogen and oxygen atoms in total. The highest BCUT2D eigenvalue weighted by atomic mass is 16.5. The van der Waals surface area contributed by atoms with Gasteiger partial charge in [0.2, 0.25) is 5.91 Å². The number of carbonyl (C=O) groups excluding carboxylic acids is 1. The first-order valence-electron chi connectivity index (χ1n) is 7.56. The zero-order chi connectivity index (χ0) is 15.1. The first kappa shape index (κ1) is 15.8. The van der Waals surface area contributed by atoms with Gasteiger partial charge in [-0.15, -0.1) is 0 Å². The Kier molecular flexibility index (Phi) is 6.02. The highest BCUT2D eigenvalue weighted by molar-refractivity contribution is 5.78. The van der Waals surface area contributed by atoms with Crippen LogP contribution < -0.4 is 15.8 Å². The molecule has 1 saturated heterocycles. The van der Waals surface area contributed by atoms with E-state index in [1.54, 1.807) is 0 Å². The van der Waals surface area contributed by atoms with Crippen molar-refractivity contribution in [3.05, 3.63) is 30.3 Å². The number of rotatable bonds is 6. The minimum absolute atomic E-state index is 0.0351. The van der Waals surface area contributed by atoms with Crippen LogP contribution in [0.3, 0.4) is 0 Å². The Morgan fingerprint density at radius 1 is 1.38 bits per heavy atom. The third-order valence-electron chi connectivity index (χ3n) is 3.57. The maximum absolute atomic E-state index is 11.9. The van der Waals surface area contributed by atoms with Crippen molar-refractivity contribution in [2.45, 2.75) is 19.4 Å². The molecule has 1 heterocycles. The van der Waals surface area contributed by atoms with E-state index in [4.69, 9.17) is 10.5 Å². The fourth-order valence-corrected chi connectivity index (χ4v) is 2.78. The number of likely N-dealkylation sites (tertiary alicyclic amines) is 1. The van der Waals surface area contributed by atoms with E-state index in [0.717, 1.165) is 25.3 Å². The molecular formula is C16H25N3O2. The molecule has 2 atom stereocenters. The van der Waals surface area contributed by atoms with E-state index in [2.05, 4.69) is 17.1 Å². The Hall–Kier alpha value is -1.59. The van der Waals surface area contributed by atoms with Gasteiger partial charge in [0.05, 0.1) is 13.1 Å². The number of hydrogen-bond acceptors (Lipinski definition) is 4. The molecule has 1 aromatic rings. The highest BCUT2D eigenvalue weighted by Gasteiger charge is 2.23. The largest absolute Gasteiger partial charge is 0.492 e. The maximum atomic E-state index is 11.9. The average Bonchev–Trinajstić information content (AvgIpc) is 2.43. The van der Waals surface area contributed by atoms with Crippen molar-refractivity contribution < 1.29 is 9.53 Å². The van der Waals surface area contributed by atoms with E-state index in [-0.39, 0.29) is 11.9 Å². The van der Waals surface area contributed by atoms with Gasteiger partial charge in [-0.05, 0) is 24.5 Å². The summed E-state index contributed by atoms with van der Waals surface area (Å²) in [4.78, 5) is 14.0. The van der Waals surface area contributed by atoms with Crippen LogP contribution in [0.15, 0.2) is 30.3 Å². The SMILES string of the molecule is CC1CC(N)CN(CC(=O)NCCOc2ccccc2)C1. The highest BCUT2D eigenvalue weighted by Crippen LogP contribution is 2.14. The Labute approximate surface area is 126 Å². The van der Waals surface area contributed by atoms with Crippen molar-refractivity contribution in [2.75, 3.05) is 32.8 Å². The van der Waals surface area contributed by atoms with E-state index < -0.39 is 0 Å². The molecule has 116 valence electrons. The van der Waals surface area contributed by atoms with Gasteiger partial charge in [-0.3, -0.25) is 9.69 Å². The number of piperidine rings is 1. The number of nitrogens with one attached hydrogen (secondary N) is 1. The number of amides is 1. The Morgan fingerprint density at radius 3 is 2.86 bits per heavy atom. The van der Waals surface area contributed by atoms with Crippen molar-refractivity contribution in [3.8, 4) is 5.75 Å². The fraction of sp³-hybridized carbons (Fsp3) is 0.562. The normalized spacial score (nSPS) is 22.8. The van der Waals surface area contributed by atoms with Crippen molar-refractivity contribution in [1.82, 2.24) is 10.2 Å². The summed E-state index contributed by atoms with van der Waals surface area (Å²) in [5.41, 5.74) is 5.98. The van der Waals surface area contributed by atoms with Crippen LogP contribution in [0.4, 0.5) is 0 Å². The lowest BCUT2D eigenvalue weighted by molar-refractivity contribution is -0.122. The molecule has 2 unspecified atom stereocenters. The standard InChI is InChI=1S/C16H25N3O2/c1-13-9-14(17)11-19(10-13)12-16(20)18-7-8-21-15-5-3-2-4-6-15/h2-6,13-14H,7-12,17H2,1H3,(H,18,20). The molecule has 0 aliphatic carbocycles. The summed E-state index contributed by atoms with van der Waals surface area (Å²) in [6.07, 6.45) is 1.04. The van der Waals surface area contributed by atoms with Crippen LogP contribution in [-0.4, -0.2) is 49.6 Å². The summed E-state index contributed by atoms with van der Waals surface area (Å²) in [5.74, 6) is 1.42. The molecule has 0 bridgehead atoms. The Morgan fingerprint density at radius 2 is 2.14 bits per heavy atom. The lowest BCUT2D eigenvalue weighted by Crippen LogP contribution is -2.49. The van der Waals surface area contributed by atoms with Gasteiger partial charge >= 0.3 is 0 Å². The summed E-state index contributed by atoms with van der Waals surface area (Å²) < 4.78 is 5.53. The van der Waals surface area contributed by atoms with E-state index in [1.807, 2.05) is 30.3 Å². The van der Waals surface area contributed by atoms with Crippen LogP contribution in [0.2, 0.25) is 0 Å². The zero-order valence-electron chi connectivity index (χ0n) is 12.6. The van der Waals surface area contributed by atoms with Crippen LogP contribution in [-0.2, 0) is 4.79 Å². The fourth-order valence-electron chi connectivity index (χ4n) is 2.78. The molecule has 1 fully saturated rings. The third kappa shape index (κ3) is 5.73. The number of nitrogens with zero attached hydrogens (tertiary/aromatic N) is 1. The molecule has 1 amide bonds. The van der Waals surface area contributed by atoms with Gasteiger partial charge in [0, 0.05) is 19.1 Å². The number of benzene rings is 1. The third-order valence-corrected chi connectivity index (χ3v) is 3.57. The summed E-state index contributed by atoms with van der Waals surface area (Å²) in [6, 6.07) is 9.78. The molecule has 2 rings (SSSR count). The quantitative estimate of drug-likeness (QED) is 0.763. The van der Waals surface area contributed by atoms with Crippen LogP contribution in [0.25, 0.3) is 0 Å². The summed E-state index contributed by atoms with van der Waals surface area (Å²) in [6.45, 7) is 5.34. The molecule has 1 aliphatic heterocycles. The lowest BCUT2D eigenvalue weighted by Gasteiger charge is -2.34. The second-order valence-electron chi connectivity index (χ2n) is 5.81. The van der Waals surface area contributed by atoms with Crippen molar-refractivity contribution >= 4 is 5.91 Å². The number of ether oxygens (including phenoxy) is 1. The first-order chi connectivity index (χ1) is 10.1. The van der Waals surface area contributed by atoms with E-state index in [1.165, 1.54) is 0 Å². The van der Waals surface area contributed by atoms with Crippen LogP contribution in [0.1, 0.15) is 13.3 Å². The van der Waals surface area contributed by atoms with Gasteiger partial charge < -0.3 is 15.8 Å². The van der Waals surface area contributed by atoms with Gasteiger partial charge in [0.15, 0.2) is 0 Å². The molecule has 1 aliphatic rings. The van der Waals surface area contributed by atoms with Gasteiger partial charge in [0.25, 0.3) is 0 Å².